The van der Waals surface area contributed by atoms with Crippen LogP contribution in [0.2, 0.25) is 0 Å². The molecule has 0 aromatic heterocycles. The fourth-order valence-electron chi connectivity index (χ4n) is 2.92. The summed E-state index contributed by atoms with van der Waals surface area (Å²) in [6, 6.07) is 1.47. The molecular formula is C11H22N2. The van der Waals surface area contributed by atoms with Crippen LogP contribution in [0.3, 0.4) is 0 Å². The predicted molar refractivity (Wildman–Crippen MR) is 55.5 cm³/mol. The second-order valence-corrected chi connectivity index (χ2v) is 4.89. The molecule has 0 aromatic rings. The smallest absolute Gasteiger partial charge is 0.0221 e. The zero-order valence-electron chi connectivity index (χ0n) is 8.87. The number of likely N-dealkylation sites (tertiary alicyclic amines) is 1. The zero-order chi connectivity index (χ0) is 9.42. The maximum Gasteiger partial charge on any atom is 0.0221 e. The van der Waals surface area contributed by atoms with Crippen LogP contribution in [0.4, 0.5) is 0 Å². The van der Waals surface area contributed by atoms with Crippen LogP contribution >= 0.6 is 0 Å². The molecule has 2 nitrogen and oxygen atoms in total. The SMILES string of the molecule is CC1CC1C(C)N1CCCC1CN. The molecule has 76 valence electrons. The second kappa shape index (κ2) is 3.58. The number of hydrogen-bond donors (Lipinski definition) is 1. The lowest BCUT2D eigenvalue weighted by Gasteiger charge is -2.30. The van der Waals surface area contributed by atoms with Crippen molar-refractivity contribution in [2.24, 2.45) is 17.6 Å². The normalized spacial score (nSPS) is 42.2. The summed E-state index contributed by atoms with van der Waals surface area (Å²) in [6.07, 6.45) is 4.12. The van der Waals surface area contributed by atoms with Gasteiger partial charge in [0.1, 0.15) is 0 Å². The van der Waals surface area contributed by atoms with Crippen molar-refractivity contribution in [3.8, 4) is 0 Å². The predicted octanol–water partition coefficient (Wildman–Crippen LogP) is 1.45. The molecule has 0 bridgehead atoms. The Morgan fingerprint density at radius 3 is 2.77 bits per heavy atom. The lowest BCUT2D eigenvalue weighted by molar-refractivity contribution is 0.173. The highest BCUT2D eigenvalue weighted by molar-refractivity contribution is 4.95. The van der Waals surface area contributed by atoms with Crippen LogP contribution in [0.15, 0.2) is 0 Å². The van der Waals surface area contributed by atoms with Crippen LogP contribution in [0, 0.1) is 11.8 Å². The van der Waals surface area contributed by atoms with E-state index in [9.17, 15) is 0 Å². The van der Waals surface area contributed by atoms with Gasteiger partial charge in [-0.15, -0.1) is 0 Å². The number of hydrogen-bond acceptors (Lipinski definition) is 2. The van der Waals surface area contributed by atoms with Crippen molar-refractivity contribution in [2.75, 3.05) is 13.1 Å². The van der Waals surface area contributed by atoms with Crippen molar-refractivity contribution in [1.29, 1.82) is 0 Å². The van der Waals surface area contributed by atoms with Gasteiger partial charge in [0, 0.05) is 18.6 Å². The lowest BCUT2D eigenvalue weighted by atomic mass is 10.1. The summed E-state index contributed by atoms with van der Waals surface area (Å²) in [5, 5.41) is 0. The quantitative estimate of drug-likeness (QED) is 0.716. The Bertz CT molecular complexity index is 181. The summed E-state index contributed by atoms with van der Waals surface area (Å²) in [4.78, 5) is 2.65. The summed E-state index contributed by atoms with van der Waals surface area (Å²) < 4.78 is 0. The highest BCUT2D eigenvalue weighted by Gasteiger charge is 2.42. The van der Waals surface area contributed by atoms with Gasteiger partial charge in [-0.3, -0.25) is 4.90 Å². The third-order valence-electron chi connectivity index (χ3n) is 4.01. The first-order valence-electron chi connectivity index (χ1n) is 5.70. The first kappa shape index (κ1) is 9.47. The molecule has 1 aliphatic heterocycles. The summed E-state index contributed by atoms with van der Waals surface area (Å²) >= 11 is 0. The monoisotopic (exact) mass is 182 g/mol. The van der Waals surface area contributed by atoms with Gasteiger partial charge in [-0.1, -0.05) is 6.92 Å². The van der Waals surface area contributed by atoms with E-state index in [4.69, 9.17) is 5.73 Å². The van der Waals surface area contributed by atoms with Gasteiger partial charge in [0.2, 0.25) is 0 Å². The maximum atomic E-state index is 5.78. The molecule has 4 unspecified atom stereocenters. The largest absolute Gasteiger partial charge is 0.329 e. The summed E-state index contributed by atoms with van der Waals surface area (Å²) in [6.45, 7) is 6.90. The Morgan fingerprint density at radius 2 is 2.23 bits per heavy atom. The highest BCUT2D eigenvalue weighted by Crippen LogP contribution is 2.43. The molecule has 0 amide bonds. The van der Waals surface area contributed by atoms with Crippen molar-refractivity contribution >= 4 is 0 Å². The van der Waals surface area contributed by atoms with Crippen LogP contribution in [0.5, 0.6) is 0 Å². The van der Waals surface area contributed by atoms with E-state index >= 15 is 0 Å². The van der Waals surface area contributed by atoms with E-state index < -0.39 is 0 Å². The van der Waals surface area contributed by atoms with Crippen LogP contribution < -0.4 is 5.73 Å². The average molecular weight is 182 g/mol. The number of nitrogens with two attached hydrogens (primary N) is 1. The molecule has 2 heteroatoms. The van der Waals surface area contributed by atoms with Gasteiger partial charge in [0.05, 0.1) is 0 Å². The molecule has 4 atom stereocenters. The number of rotatable bonds is 3. The van der Waals surface area contributed by atoms with Gasteiger partial charge in [0.15, 0.2) is 0 Å². The van der Waals surface area contributed by atoms with Crippen molar-refractivity contribution < 1.29 is 0 Å². The fraction of sp³-hybridized carbons (Fsp3) is 1.00. The Hall–Kier alpha value is -0.0800. The summed E-state index contributed by atoms with van der Waals surface area (Å²) in [5.41, 5.74) is 5.78. The van der Waals surface area contributed by atoms with E-state index in [-0.39, 0.29) is 0 Å². The third kappa shape index (κ3) is 1.75. The summed E-state index contributed by atoms with van der Waals surface area (Å²) in [5.74, 6) is 1.93. The Labute approximate surface area is 81.5 Å². The number of nitrogens with zero attached hydrogens (tertiary/aromatic N) is 1. The van der Waals surface area contributed by atoms with E-state index in [0.29, 0.717) is 6.04 Å². The van der Waals surface area contributed by atoms with Crippen LogP contribution in [-0.4, -0.2) is 30.1 Å². The minimum absolute atomic E-state index is 0.683. The Morgan fingerprint density at radius 1 is 1.54 bits per heavy atom. The third-order valence-corrected chi connectivity index (χ3v) is 4.01. The highest BCUT2D eigenvalue weighted by atomic mass is 15.2. The molecule has 1 saturated carbocycles. The molecule has 1 aliphatic carbocycles. The molecule has 0 aromatic carbocycles. The second-order valence-electron chi connectivity index (χ2n) is 4.89. The van der Waals surface area contributed by atoms with Gasteiger partial charge in [-0.05, 0) is 44.6 Å². The summed E-state index contributed by atoms with van der Waals surface area (Å²) in [7, 11) is 0. The van der Waals surface area contributed by atoms with Crippen LogP contribution in [0.25, 0.3) is 0 Å². The first-order chi connectivity index (χ1) is 6.24. The maximum absolute atomic E-state index is 5.78. The molecule has 0 radical (unpaired) electrons. The Balaban J connectivity index is 1.91. The van der Waals surface area contributed by atoms with E-state index in [0.717, 1.165) is 24.4 Å². The molecule has 2 aliphatic rings. The van der Waals surface area contributed by atoms with Crippen molar-refractivity contribution in [2.45, 2.75) is 45.2 Å². The minimum atomic E-state index is 0.683. The van der Waals surface area contributed by atoms with Gasteiger partial charge in [-0.25, -0.2) is 0 Å². The molecule has 13 heavy (non-hydrogen) atoms. The molecule has 0 spiro atoms. The fourth-order valence-corrected chi connectivity index (χ4v) is 2.92. The average Bonchev–Trinajstić information content (AvgIpc) is 2.70. The van der Waals surface area contributed by atoms with E-state index in [1.807, 2.05) is 0 Å². The Kier molecular flexibility index (Phi) is 2.61. The molecule has 2 N–H and O–H groups in total. The van der Waals surface area contributed by atoms with Gasteiger partial charge in [-0.2, -0.15) is 0 Å². The van der Waals surface area contributed by atoms with Crippen LogP contribution in [-0.2, 0) is 0 Å². The standard InChI is InChI=1S/C11H22N2/c1-8-6-11(8)9(2)13-5-3-4-10(13)7-12/h8-11H,3-7,12H2,1-2H3. The minimum Gasteiger partial charge on any atom is -0.329 e. The molecule has 2 fully saturated rings. The van der Waals surface area contributed by atoms with E-state index in [1.54, 1.807) is 0 Å². The lowest BCUT2D eigenvalue weighted by Crippen LogP contribution is -2.42. The first-order valence-corrected chi connectivity index (χ1v) is 5.70. The van der Waals surface area contributed by atoms with E-state index in [2.05, 4.69) is 18.7 Å². The van der Waals surface area contributed by atoms with Gasteiger partial charge in [0.25, 0.3) is 0 Å². The topological polar surface area (TPSA) is 29.3 Å². The zero-order valence-corrected chi connectivity index (χ0v) is 8.87. The van der Waals surface area contributed by atoms with Crippen molar-refractivity contribution in [3.63, 3.8) is 0 Å². The van der Waals surface area contributed by atoms with Crippen LogP contribution in [0.1, 0.15) is 33.1 Å². The van der Waals surface area contributed by atoms with E-state index in [1.165, 1.54) is 25.8 Å². The molecule has 1 saturated heterocycles. The van der Waals surface area contributed by atoms with Crippen molar-refractivity contribution in [1.82, 2.24) is 4.90 Å². The molecular weight excluding hydrogens is 160 g/mol. The molecule has 1 heterocycles. The molecule has 2 rings (SSSR count). The van der Waals surface area contributed by atoms with Gasteiger partial charge < -0.3 is 5.73 Å². The van der Waals surface area contributed by atoms with Crippen molar-refractivity contribution in [3.05, 3.63) is 0 Å². The van der Waals surface area contributed by atoms with Gasteiger partial charge >= 0.3 is 0 Å².